The molecule has 122 valence electrons. The van der Waals surface area contributed by atoms with Crippen LogP contribution in [0.25, 0.3) is 0 Å². The van der Waals surface area contributed by atoms with E-state index < -0.39 is 0 Å². The molecule has 2 amide bonds. The first-order valence-electron chi connectivity index (χ1n) is 7.69. The summed E-state index contributed by atoms with van der Waals surface area (Å²) in [6.45, 7) is 2.96. The molecule has 0 radical (unpaired) electrons. The minimum Gasteiger partial charge on any atom is -0.274 e. The van der Waals surface area contributed by atoms with E-state index in [1.807, 2.05) is 13.0 Å². The van der Waals surface area contributed by atoms with E-state index in [0.717, 1.165) is 12.1 Å². The molecule has 3 rings (SSSR count). The maximum absolute atomic E-state index is 12.4. The highest BCUT2D eigenvalue weighted by atomic mass is 79.9. The lowest BCUT2D eigenvalue weighted by molar-refractivity contribution is 0.0655. The molecule has 7 heteroatoms. The fraction of sp³-hybridized carbons (Fsp3) is 0.294. The zero-order chi connectivity index (χ0) is 17.3. The average Bonchev–Trinajstić information content (AvgIpc) is 3.02. The summed E-state index contributed by atoms with van der Waals surface area (Å²) in [4.78, 5) is 26.1. The number of aromatic nitrogens is 2. The highest BCUT2D eigenvalue weighted by Gasteiger charge is 2.35. The Hall–Kier alpha value is -2.46. The third-order valence-electron chi connectivity index (χ3n) is 3.99. The zero-order valence-corrected chi connectivity index (χ0v) is 14.7. The Balaban J connectivity index is 1.83. The lowest BCUT2D eigenvalue weighted by atomic mass is 10.1. The molecular formula is C17H15BrN4O2. The van der Waals surface area contributed by atoms with Crippen molar-refractivity contribution in [2.45, 2.75) is 26.3 Å². The van der Waals surface area contributed by atoms with Crippen molar-refractivity contribution < 1.29 is 9.59 Å². The van der Waals surface area contributed by atoms with Gasteiger partial charge in [0.15, 0.2) is 5.69 Å². The number of imide groups is 1. The summed E-state index contributed by atoms with van der Waals surface area (Å²) >= 11 is 3.41. The molecular weight excluding hydrogens is 372 g/mol. The molecule has 0 saturated heterocycles. The quantitative estimate of drug-likeness (QED) is 0.739. The van der Waals surface area contributed by atoms with E-state index in [4.69, 9.17) is 5.26 Å². The molecule has 0 atom stereocenters. The van der Waals surface area contributed by atoms with Gasteiger partial charge in [-0.1, -0.05) is 19.1 Å². The molecule has 0 saturated carbocycles. The van der Waals surface area contributed by atoms with Crippen molar-refractivity contribution in [2.24, 2.45) is 0 Å². The number of fused-ring (bicyclic) bond motifs is 1. The van der Waals surface area contributed by atoms with Crippen molar-refractivity contribution in [3.8, 4) is 6.07 Å². The van der Waals surface area contributed by atoms with Gasteiger partial charge in [0.25, 0.3) is 11.8 Å². The smallest absolute Gasteiger partial charge is 0.261 e. The fourth-order valence-corrected chi connectivity index (χ4v) is 3.41. The third-order valence-corrected chi connectivity index (χ3v) is 4.82. The molecule has 24 heavy (non-hydrogen) atoms. The number of nitriles is 1. The van der Waals surface area contributed by atoms with Gasteiger partial charge >= 0.3 is 0 Å². The van der Waals surface area contributed by atoms with Crippen LogP contribution >= 0.6 is 15.9 Å². The number of aryl methyl sites for hydroxylation is 1. The summed E-state index contributed by atoms with van der Waals surface area (Å²) in [6.07, 6.45) is 1.32. The number of benzene rings is 1. The Morgan fingerprint density at radius 3 is 2.33 bits per heavy atom. The van der Waals surface area contributed by atoms with Gasteiger partial charge in [0.05, 0.1) is 21.3 Å². The van der Waals surface area contributed by atoms with Gasteiger partial charge in [0.2, 0.25) is 0 Å². The standard InChI is InChI=1S/C17H15BrN4O2/c1-2-8-22-14(15(18)13(10-19)20-22)7-9-21-16(23)11-5-3-4-6-12(11)17(21)24/h3-6H,2,7-9H2,1H3. The SMILES string of the molecule is CCCn1nc(C#N)c(Br)c1CCN1C(=O)c2ccccc2C1=O. The van der Waals surface area contributed by atoms with Gasteiger partial charge in [-0.2, -0.15) is 10.4 Å². The molecule has 0 spiro atoms. The van der Waals surface area contributed by atoms with E-state index >= 15 is 0 Å². The Morgan fingerprint density at radius 2 is 1.79 bits per heavy atom. The van der Waals surface area contributed by atoms with Gasteiger partial charge in [0, 0.05) is 19.5 Å². The number of halogens is 1. The second kappa shape index (κ2) is 6.57. The van der Waals surface area contributed by atoms with E-state index in [9.17, 15) is 9.59 Å². The van der Waals surface area contributed by atoms with Crippen LogP contribution in [-0.4, -0.2) is 33.0 Å². The molecule has 6 nitrogen and oxygen atoms in total. The Morgan fingerprint density at radius 1 is 1.17 bits per heavy atom. The lowest BCUT2D eigenvalue weighted by Gasteiger charge is -2.14. The monoisotopic (exact) mass is 386 g/mol. The molecule has 1 aromatic heterocycles. The van der Waals surface area contributed by atoms with E-state index in [1.54, 1.807) is 28.9 Å². The van der Waals surface area contributed by atoms with Crippen LogP contribution in [0.2, 0.25) is 0 Å². The van der Waals surface area contributed by atoms with E-state index in [1.165, 1.54) is 4.90 Å². The van der Waals surface area contributed by atoms with Crippen molar-refractivity contribution in [3.05, 3.63) is 51.3 Å². The second-order valence-corrected chi connectivity index (χ2v) is 6.29. The fourth-order valence-electron chi connectivity index (χ4n) is 2.84. The predicted molar refractivity (Wildman–Crippen MR) is 90.4 cm³/mol. The molecule has 0 bridgehead atoms. The Labute approximate surface area is 147 Å². The molecule has 0 unspecified atom stereocenters. The molecule has 1 aliphatic heterocycles. The van der Waals surface area contributed by atoms with Gasteiger partial charge in [-0.3, -0.25) is 19.2 Å². The number of nitrogens with zero attached hydrogens (tertiary/aromatic N) is 4. The highest BCUT2D eigenvalue weighted by Crippen LogP contribution is 2.25. The van der Waals surface area contributed by atoms with Crippen LogP contribution in [0.1, 0.15) is 45.4 Å². The first kappa shape index (κ1) is 16.4. The molecule has 2 aromatic rings. The van der Waals surface area contributed by atoms with Crippen molar-refractivity contribution in [3.63, 3.8) is 0 Å². The van der Waals surface area contributed by atoms with Crippen molar-refractivity contribution in [1.82, 2.24) is 14.7 Å². The van der Waals surface area contributed by atoms with Crippen molar-refractivity contribution in [2.75, 3.05) is 6.54 Å². The summed E-state index contributed by atoms with van der Waals surface area (Å²) < 4.78 is 2.40. The van der Waals surface area contributed by atoms with Crippen LogP contribution in [0.3, 0.4) is 0 Å². The number of carbonyl (C=O) groups is 2. The topological polar surface area (TPSA) is 79.0 Å². The van der Waals surface area contributed by atoms with Crippen LogP contribution in [0.15, 0.2) is 28.7 Å². The van der Waals surface area contributed by atoms with Crippen LogP contribution in [0, 0.1) is 11.3 Å². The summed E-state index contributed by atoms with van der Waals surface area (Å²) in [5, 5.41) is 13.4. The van der Waals surface area contributed by atoms with Crippen LogP contribution in [0.4, 0.5) is 0 Å². The van der Waals surface area contributed by atoms with Gasteiger partial charge in [0.1, 0.15) is 6.07 Å². The molecule has 1 aromatic carbocycles. The number of carbonyl (C=O) groups excluding carboxylic acids is 2. The summed E-state index contributed by atoms with van der Waals surface area (Å²) in [6, 6.07) is 8.88. The van der Waals surface area contributed by atoms with Crippen LogP contribution in [-0.2, 0) is 13.0 Å². The van der Waals surface area contributed by atoms with Gasteiger partial charge < -0.3 is 0 Å². The second-order valence-electron chi connectivity index (χ2n) is 5.50. The number of rotatable bonds is 5. The van der Waals surface area contributed by atoms with Gasteiger partial charge in [-0.15, -0.1) is 0 Å². The van der Waals surface area contributed by atoms with Gasteiger partial charge in [-0.25, -0.2) is 0 Å². The van der Waals surface area contributed by atoms with E-state index in [0.29, 0.717) is 34.3 Å². The maximum Gasteiger partial charge on any atom is 0.261 e. The highest BCUT2D eigenvalue weighted by molar-refractivity contribution is 9.10. The third kappa shape index (κ3) is 2.63. The molecule has 0 fully saturated rings. The van der Waals surface area contributed by atoms with E-state index in [2.05, 4.69) is 21.0 Å². The summed E-state index contributed by atoms with van der Waals surface area (Å²) in [7, 11) is 0. The molecule has 1 aliphatic rings. The minimum absolute atomic E-state index is 0.255. The zero-order valence-electron chi connectivity index (χ0n) is 13.1. The van der Waals surface area contributed by atoms with Crippen molar-refractivity contribution >= 4 is 27.7 Å². The molecule has 0 N–H and O–H groups in total. The molecule has 2 heterocycles. The Bertz CT molecular complexity index is 831. The van der Waals surface area contributed by atoms with Gasteiger partial charge in [-0.05, 0) is 34.5 Å². The largest absolute Gasteiger partial charge is 0.274 e. The van der Waals surface area contributed by atoms with Crippen molar-refractivity contribution in [1.29, 1.82) is 5.26 Å². The van der Waals surface area contributed by atoms with E-state index in [-0.39, 0.29) is 18.4 Å². The number of hydrogen-bond donors (Lipinski definition) is 0. The minimum atomic E-state index is -0.270. The predicted octanol–water partition coefficient (Wildman–Crippen LogP) is 2.77. The Kier molecular flexibility index (Phi) is 4.49. The van der Waals surface area contributed by atoms with Crippen LogP contribution < -0.4 is 0 Å². The normalized spacial score (nSPS) is 13.3. The summed E-state index contributed by atoms with van der Waals surface area (Å²) in [5.41, 5.74) is 2.04. The number of hydrogen-bond acceptors (Lipinski definition) is 4. The first-order chi connectivity index (χ1) is 11.6. The van der Waals surface area contributed by atoms with Crippen LogP contribution in [0.5, 0.6) is 0 Å². The summed E-state index contributed by atoms with van der Waals surface area (Å²) in [5.74, 6) is -0.539. The average molecular weight is 387 g/mol. The lowest BCUT2D eigenvalue weighted by Crippen LogP contribution is -2.32. The molecule has 0 aliphatic carbocycles. The first-order valence-corrected chi connectivity index (χ1v) is 8.48. The maximum atomic E-state index is 12.4. The number of amides is 2.